The highest BCUT2D eigenvalue weighted by Gasteiger charge is 2.39. The van der Waals surface area contributed by atoms with Gasteiger partial charge in [0.2, 0.25) is 11.7 Å². The highest BCUT2D eigenvalue weighted by molar-refractivity contribution is 5.71. The number of aliphatic carboxylic acids is 1. The summed E-state index contributed by atoms with van der Waals surface area (Å²) in [6, 6.07) is 0. The van der Waals surface area contributed by atoms with Crippen LogP contribution in [-0.2, 0) is 9.53 Å². The molecule has 2 aliphatic carbocycles. The first-order chi connectivity index (χ1) is 9.70. The van der Waals surface area contributed by atoms with E-state index in [1.54, 1.807) is 7.11 Å². The maximum Gasteiger partial charge on any atom is 0.307 e. The van der Waals surface area contributed by atoms with E-state index >= 15 is 0 Å². The molecule has 1 N–H and O–H groups in total. The standard InChI is InChI=1S/C14H20N2O4/c1-19-11(8-6-7-8)12-15-13(20-16-12)9-4-2-3-5-10(9)14(17)18/h8-11H,2-7H2,1H3,(H,17,18). The van der Waals surface area contributed by atoms with E-state index in [9.17, 15) is 9.90 Å². The van der Waals surface area contributed by atoms with Crippen LogP contribution in [0.1, 0.15) is 62.3 Å². The molecule has 0 saturated heterocycles. The molecule has 2 fully saturated rings. The van der Waals surface area contributed by atoms with Gasteiger partial charge in [0.05, 0.1) is 11.8 Å². The Labute approximate surface area is 117 Å². The van der Waals surface area contributed by atoms with Gasteiger partial charge in [0, 0.05) is 7.11 Å². The zero-order chi connectivity index (χ0) is 14.1. The molecule has 0 bridgehead atoms. The Hall–Kier alpha value is -1.43. The highest BCUT2D eigenvalue weighted by atomic mass is 16.5. The van der Waals surface area contributed by atoms with Gasteiger partial charge in [-0.25, -0.2) is 0 Å². The van der Waals surface area contributed by atoms with Crippen LogP contribution in [0.4, 0.5) is 0 Å². The third kappa shape index (κ3) is 2.57. The molecule has 1 aromatic rings. The van der Waals surface area contributed by atoms with Crippen LogP contribution in [0.2, 0.25) is 0 Å². The minimum atomic E-state index is -0.764. The number of carbonyl (C=O) groups is 1. The Kier molecular flexibility index (Phi) is 3.74. The van der Waals surface area contributed by atoms with Crippen LogP contribution >= 0.6 is 0 Å². The number of ether oxygens (including phenoxy) is 1. The van der Waals surface area contributed by atoms with Crippen molar-refractivity contribution in [3.05, 3.63) is 11.7 Å². The molecule has 2 saturated carbocycles. The monoisotopic (exact) mass is 280 g/mol. The van der Waals surface area contributed by atoms with E-state index in [1.807, 2.05) is 0 Å². The fraction of sp³-hybridized carbons (Fsp3) is 0.786. The largest absolute Gasteiger partial charge is 0.481 e. The molecule has 0 spiro atoms. The van der Waals surface area contributed by atoms with Gasteiger partial charge < -0.3 is 14.4 Å². The Morgan fingerprint density at radius 1 is 1.35 bits per heavy atom. The quantitative estimate of drug-likeness (QED) is 0.892. The first-order valence-corrected chi connectivity index (χ1v) is 7.29. The summed E-state index contributed by atoms with van der Waals surface area (Å²) in [5.41, 5.74) is 0. The number of aromatic nitrogens is 2. The Morgan fingerprint density at radius 3 is 2.75 bits per heavy atom. The van der Waals surface area contributed by atoms with Crippen LogP contribution in [0.3, 0.4) is 0 Å². The molecule has 6 heteroatoms. The molecule has 6 nitrogen and oxygen atoms in total. The van der Waals surface area contributed by atoms with Gasteiger partial charge in [-0.3, -0.25) is 4.79 Å². The zero-order valence-corrected chi connectivity index (χ0v) is 11.6. The summed E-state index contributed by atoms with van der Waals surface area (Å²) >= 11 is 0. The topological polar surface area (TPSA) is 85.5 Å². The van der Waals surface area contributed by atoms with Gasteiger partial charge in [-0.05, 0) is 31.6 Å². The van der Waals surface area contributed by atoms with E-state index in [2.05, 4.69) is 10.1 Å². The third-order valence-corrected chi connectivity index (χ3v) is 4.42. The molecule has 0 aromatic carbocycles. The summed E-state index contributed by atoms with van der Waals surface area (Å²) in [4.78, 5) is 15.8. The fourth-order valence-corrected chi connectivity index (χ4v) is 3.14. The van der Waals surface area contributed by atoms with Crippen molar-refractivity contribution in [2.45, 2.75) is 50.5 Å². The van der Waals surface area contributed by atoms with Gasteiger partial charge in [-0.1, -0.05) is 18.0 Å². The third-order valence-electron chi connectivity index (χ3n) is 4.42. The molecule has 2 aliphatic rings. The summed E-state index contributed by atoms with van der Waals surface area (Å²) in [6.07, 6.45) is 5.61. The smallest absolute Gasteiger partial charge is 0.307 e. The summed E-state index contributed by atoms with van der Waals surface area (Å²) < 4.78 is 10.8. The molecule has 1 heterocycles. The number of carboxylic acids is 1. The number of rotatable bonds is 5. The van der Waals surface area contributed by atoms with Gasteiger partial charge in [-0.2, -0.15) is 4.98 Å². The second-order valence-electron chi connectivity index (χ2n) is 5.82. The Bertz CT molecular complexity index is 483. The van der Waals surface area contributed by atoms with Crippen LogP contribution in [-0.4, -0.2) is 28.3 Å². The van der Waals surface area contributed by atoms with Gasteiger partial charge in [0.1, 0.15) is 6.10 Å². The van der Waals surface area contributed by atoms with Crippen molar-refractivity contribution in [3.8, 4) is 0 Å². The lowest BCUT2D eigenvalue weighted by atomic mass is 9.79. The summed E-state index contributed by atoms with van der Waals surface area (Å²) in [5.74, 6) is 0.194. The number of nitrogens with zero attached hydrogens (tertiary/aromatic N) is 2. The van der Waals surface area contributed by atoms with Crippen molar-refractivity contribution in [3.63, 3.8) is 0 Å². The second-order valence-corrected chi connectivity index (χ2v) is 5.82. The number of methoxy groups -OCH3 is 1. The van der Waals surface area contributed by atoms with Crippen LogP contribution < -0.4 is 0 Å². The molecule has 0 radical (unpaired) electrons. The second kappa shape index (κ2) is 5.52. The fourth-order valence-electron chi connectivity index (χ4n) is 3.14. The molecule has 0 amide bonds. The molecular weight excluding hydrogens is 260 g/mol. The normalized spacial score (nSPS) is 28.2. The van der Waals surface area contributed by atoms with Crippen molar-refractivity contribution < 1.29 is 19.2 Å². The average molecular weight is 280 g/mol. The molecule has 3 atom stereocenters. The van der Waals surface area contributed by atoms with Crippen LogP contribution in [0.15, 0.2) is 4.52 Å². The van der Waals surface area contributed by atoms with E-state index in [1.165, 1.54) is 0 Å². The zero-order valence-electron chi connectivity index (χ0n) is 11.6. The first kappa shape index (κ1) is 13.5. The first-order valence-electron chi connectivity index (χ1n) is 7.29. The van der Waals surface area contributed by atoms with Crippen molar-refractivity contribution in [1.82, 2.24) is 10.1 Å². The number of hydrogen-bond acceptors (Lipinski definition) is 5. The molecule has 110 valence electrons. The minimum Gasteiger partial charge on any atom is -0.481 e. The average Bonchev–Trinajstić information content (AvgIpc) is 3.17. The molecule has 0 aliphatic heterocycles. The van der Waals surface area contributed by atoms with E-state index in [4.69, 9.17) is 9.26 Å². The molecule has 3 unspecified atom stereocenters. The van der Waals surface area contributed by atoms with Crippen molar-refractivity contribution in [1.29, 1.82) is 0 Å². The summed E-state index contributed by atoms with van der Waals surface area (Å²) in [5, 5.41) is 13.3. The van der Waals surface area contributed by atoms with Gasteiger partial charge in [0.25, 0.3) is 0 Å². The van der Waals surface area contributed by atoms with Gasteiger partial charge in [0.15, 0.2) is 0 Å². The van der Waals surface area contributed by atoms with Crippen LogP contribution in [0.5, 0.6) is 0 Å². The lowest BCUT2D eigenvalue weighted by Gasteiger charge is -2.25. The molecule has 20 heavy (non-hydrogen) atoms. The molecular formula is C14H20N2O4. The highest BCUT2D eigenvalue weighted by Crippen LogP contribution is 2.43. The molecule has 1 aromatic heterocycles. The SMILES string of the molecule is COC(c1noc(C2CCCCC2C(=O)O)n1)C1CC1. The Balaban J connectivity index is 1.79. The Morgan fingerprint density at radius 2 is 2.10 bits per heavy atom. The number of hydrogen-bond donors (Lipinski definition) is 1. The predicted octanol–water partition coefficient (Wildman–Crippen LogP) is 2.53. The maximum atomic E-state index is 11.3. The predicted molar refractivity (Wildman–Crippen MR) is 69.1 cm³/mol. The maximum absolute atomic E-state index is 11.3. The van der Waals surface area contributed by atoms with Gasteiger partial charge in [-0.15, -0.1) is 0 Å². The number of carboxylic acid groups (broad SMARTS) is 1. The van der Waals surface area contributed by atoms with Gasteiger partial charge >= 0.3 is 5.97 Å². The van der Waals surface area contributed by atoms with E-state index in [0.29, 0.717) is 24.1 Å². The van der Waals surface area contributed by atoms with Crippen LogP contribution in [0.25, 0.3) is 0 Å². The van der Waals surface area contributed by atoms with Crippen molar-refractivity contribution >= 4 is 5.97 Å². The van der Waals surface area contributed by atoms with E-state index in [0.717, 1.165) is 32.1 Å². The van der Waals surface area contributed by atoms with E-state index in [-0.39, 0.29) is 12.0 Å². The van der Waals surface area contributed by atoms with E-state index < -0.39 is 11.9 Å². The van der Waals surface area contributed by atoms with Crippen molar-refractivity contribution in [2.24, 2.45) is 11.8 Å². The lowest BCUT2D eigenvalue weighted by molar-refractivity contribution is -0.143. The minimum absolute atomic E-state index is 0.112. The summed E-state index contributed by atoms with van der Waals surface area (Å²) in [6.45, 7) is 0. The molecule has 3 rings (SSSR count). The van der Waals surface area contributed by atoms with Crippen LogP contribution in [0, 0.1) is 11.8 Å². The van der Waals surface area contributed by atoms with Crippen molar-refractivity contribution in [2.75, 3.05) is 7.11 Å². The summed E-state index contributed by atoms with van der Waals surface area (Å²) in [7, 11) is 1.65. The lowest BCUT2D eigenvalue weighted by Crippen LogP contribution is -2.25.